The molecule has 0 bridgehead atoms. The van der Waals surface area contributed by atoms with Crippen LogP contribution in [0.4, 0.5) is 14.5 Å². The third-order valence-corrected chi connectivity index (χ3v) is 4.05. The van der Waals surface area contributed by atoms with Gasteiger partial charge in [0, 0.05) is 5.69 Å². The lowest BCUT2D eigenvalue weighted by atomic mass is 10.3. The van der Waals surface area contributed by atoms with Crippen LogP contribution in [0.3, 0.4) is 0 Å². The van der Waals surface area contributed by atoms with Gasteiger partial charge in [-0.3, -0.25) is 4.72 Å². The zero-order valence-electron chi connectivity index (χ0n) is 12.0. The summed E-state index contributed by atoms with van der Waals surface area (Å²) >= 11 is 0. The highest BCUT2D eigenvalue weighted by molar-refractivity contribution is 7.92. The Morgan fingerprint density at radius 3 is 2.23 bits per heavy atom. The van der Waals surface area contributed by atoms with E-state index >= 15 is 0 Å². The highest BCUT2D eigenvalue weighted by Crippen LogP contribution is 2.23. The maximum Gasteiger partial charge on any atom is 0.262 e. The van der Waals surface area contributed by atoms with Crippen LogP contribution < -0.4 is 9.46 Å². The van der Waals surface area contributed by atoms with Gasteiger partial charge in [-0.1, -0.05) is 0 Å². The number of anilines is 1. The Balaban J connectivity index is 2.26. The van der Waals surface area contributed by atoms with Gasteiger partial charge in [0.1, 0.15) is 5.82 Å². The second-order valence-corrected chi connectivity index (χ2v) is 6.55. The first-order chi connectivity index (χ1) is 10.3. The normalized spacial score (nSPS) is 11.5. The van der Waals surface area contributed by atoms with Crippen LogP contribution in [0.5, 0.6) is 5.75 Å². The fraction of sp³-hybridized carbons (Fsp3) is 0.200. The summed E-state index contributed by atoms with van der Waals surface area (Å²) in [6, 6.07) is 8.18. The van der Waals surface area contributed by atoms with E-state index in [0.29, 0.717) is 0 Å². The van der Waals surface area contributed by atoms with Crippen LogP contribution in [0, 0.1) is 11.6 Å². The predicted molar refractivity (Wildman–Crippen MR) is 79.4 cm³/mol. The van der Waals surface area contributed by atoms with E-state index in [0.717, 1.165) is 18.2 Å². The van der Waals surface area contributed by atoms with Gasteiger partial charge in [0.05, 0.1) is 11.0 Å². The molecule has 0 aliphatic carbocycles. The third-order valence-electron chi connectivity index (χ3n) is 2.67. The largest absolute Gasteiger partial charge is 0.488 e. The Labute approximate surface area is 127 Å². The molecule has 0 atom stereocenters. The number of benzene rings is 2. The molecule has 0 saturated carbocycles. The maximum absolute atomic E-state index is 13.9. The first kappa shape index (κ1) is 16.2. The highest BCUT2D eigenvalue weighted by atomic mass is 32.2. The van der Waals surface area contributed by atoms with Gasteiger partial charge in [-0.25, -0.2) is 17.2 Å². The van der Waals surface area contributed by atoms with Gasteiger partial charge in [-0.05, 0) is 56.3 Å². The molecule has 0 aromatic heterocycles. The lowest BCUT2D eigenvalue weighted by Gasteiger charge is -2.12. The van der Waals surface area contributed by atoms with Crippen LogP contribution in [-0.4, -0.2) is 14.5 Å². The Bertz CT molecular complexity index is 759. The average Bonchev–Trinajstić information content (AvgIpc) is 2.43. The van der Waals surface area contributed by atoms with E-state index in [9.17, 15) is 17.2 Å². The fourth-order valence-corrected chi connectivity index (χ4v) is 2.80. The molecule has 0 unspecified atom stereocenters. The van der Waals surface area contributed by atoms with Crippen LogP contribution >= 0.6 is 0 Å². The SMILES string of the molecule is CC(C)Oc1ccc(S(=O)(=O)Nc2ccc(F)cc2)cc1F. The van der Waals surface area contributed by atoms with Crippen molar-refractivity contribution in [1.29, 1.82) is 0 Å². The van der Waals surface area contributed by atoms with Gasteiger partial charge in [0.15, 0.2) is 11.6 Å². The van der Waals surface area contributed by atoms with E-state index in [2.05, 4.69) is 4.72 Å². The Morgan fingerprint density at radius 2 is 1.68 bits per heavy atom. The van der Waals surface area contributed by atoms with Crippen molar-refractivity contribution < 1.29 is 21.9 Å². The molecule has 0 fully saturated rings. The Hall–Kier alpha value is -2.15. The van der Waals surface area contributed by atoms with Crippen molar-refractivity contribution in [3.63, 3.8) is 0 Å². The number of hydrogen-bond donors (Lipinski definition) is 1. The van der Waals surface area contributed by atoms with Gasteiger partial charge >= 0.3 is 0 Å². The third kappa shape index (κ3) is 3.94. The summed E-state index contributed by atoms with van der Waals surface area (Å²) in [6.45, 7) is 3.47. The number of hydrogen-bond acceptors (Lipinski definition) is 3. The summed E-state index contributed by atoms with van der Waals surface area (Å²) in [4.78, 5) is -0.245. The Morgan fingerprint density at radius 1 is 1.05 bits per heavy atom. The molecule has 0 amide bonds. The predicted octanol–water partition coefficient (Wildman–Crippen LogP) is 3.55. The van der Waals surface area contributed by atoms with E-state index < -0.39 is 21.7 Å². The molecular formula is C15H15F2NO3S. The smallest absolute Gasteiger partial charge is 0.262 e. The molecule has 0 aliphatic rings. The molecule has 4 nitrogen and oxygen atoms in total. The molecule has 0 saturated heterocycles. The van der Waals surface area contributed by atoms with Crippen LogP contribution in [-0.2, 0) is 10.0 Å². The minimum absolute atomic E-state index is 0.0178. The first-order valence-corrected chi connectivity index (χ1v) is 8.01. The van der Waals surface area contributed by atoms with E-state index in [-0.39, 0.29) is 22.4 Å². The van der Waals surface area contributed by atoms with Crippen molar-refractivity contribution in [3.05, 3.63) is 54.1 Å². The molecule has 0 spiro atoms. The van der Waals surface area contributed by atoms with Crippen molar-refractivity contribution in [1.82, 2.24) is 0 Å². The molecule has 22 heavy (non-hydrogen) atoms. The molecule has 1 N–H and O–H groups in total. The van der Waals surface area contributed by atoms with E-state index in [1.807, 2.05) is 0 Å². The van der Waals surface area contributed by atoms with Crippen LogP contribution in [0.15, 0.2) is 47.4 Å². The molecule has 2 aromatic rings. The minimum atomic E-state index is -3.96. The summed E-state index contributed by atoms with van der Waals surface area (Å²) in [7, 11) is -3.96. The average molecular weight is 327 g/mol. The lowest BCUT2D eigenvalue weighted by molar-refractivity contribution is 0.231. The summed E-state index contributed by atoms with van der Waals surface area (Å²) in [6.07, 6.45) is -0.228. The van der Waals surface area contributed by atoms with Crippen molar-refractivity contribution in [2.45, 2.75) is 24.8 Å². The summed E-state index contributed by atoms with van der Waals surface area (Å²) < 4.78 is 58.4. The topological polar surface area (TPSA) is 55.4 Å². The van der Waals surface area contributed by atoms with Gasteiger partial charge < -0.3 is 4.74 Å². The van der Waals surface area contributed by atoms with Gasteiger partial charge in [0.25, 0.3) is 10.0 Å². The van der Waals surface area contributed by atoms with E-state index in [1.54, 1.807) is 13.8 Å². The van der Waals surface area contributed by atoms with Crippen LogP contribution in [0.1, 0.15) is 13.8 Å². The lowest BCUT2D eigenvalue weighted by Crippen LogP contribution is -2.14. The molecular weight excluding hydrogens is 312 g/mol. The molecule has 7 heteroatoms. The molecule has 2 aromatic carbocycles. The zero-order valence-corrected chi connectivity index (χ0v) is 12.8. The van der Waals surface area contributed by atoms with Crippen molar-refractivity contribution in [3.8, 4) is 5.75 Å². The quantitative estimate of drug-likeness (QED) is 0.913. The first-order valence-electron chi connectivity index (χ1n) is 6.52. The van der Waals surface area contributed by atoms with Crippen molar-refractivity contribution in [2.75, 3.05) is 4.72 Å². The van der Waals surface area contributed by atoms with Gasteiger partial charge in [-0.2, -0.15) is 0 Å². The molecule has 2 rings (SSSR count). The molecule has 0 heterocycles. The summed E-state index contributed by atoms with van der Waals surface area (Å²) in [5.41, 5.74) is 0.185. The standard InChI is InChI=1S/C15H15F2NO3S/c1-10(2)21-15-8-7-13(9-14(15)17)22(19,20)18-12-5-3-11(16)4-6-12/h3-10,18H,1-2H3. The van der Waals surface area contributed by atoms with Crippen LogP contribution in [0.2, 0.25) is 0 Å². The highest BCUT2D eigenvalue weighted by Gasteiger charge is 2.17. The van der Waals surface area contributed by atoms with E-state index in [1.165, 1.54) is 24.3 Å². The number of sulfonamides is 1. The number of ether oxygens (including phenoxy) is 1. The minimum Gasteiger partial charge on any atom is -0.488 e. The molecule has 118 valence electrons. The van der Waals surface area contributed by atoms with Gasteiger partial charge in [0.2, 0.25) is 0 Å². The molecule has 0 aliphatic heterocycles. The van der Waals surface area contributed by atoms with Gasteiger partial charge in [-0.15, -0.1) is 0 Å². The molecule has 0 radical (unpaired) electrons. The summed E-state index contributed by atoms with van der Waals surface area (Å²) in [5.74, 6) is -1.27. The Kier molecular flexibility index (Phi) is 4.65. The number of halogens is 2. The number of nitrogens with one attached hydrogen (secondary N) is 1. The van der Waals surface area contributed by atoms with Crippen LogP contribution in [0.25, 0.3) is 0 Å². The monoisotopic (exact) mass is 327 g/mol. The maximum atomic E-state index is 13.9. The fourth-order valence-electron chi connectivity index (χ4n) is 1.73. The zero-order chi connectivity index (χ0) is 16.3. The summed E-state index contributed by atoms with van der Waals surface area (Å²) in [5, 5.41) is 0. The number of rotatable bonds is 5. The second-order valence-electron chi connectivity index (χ2n) is 4.87. The van der Waals surface area contributed by atoms with Crippen molar-refractivity contribution in [2.24, 2.45) is 0 Å². The van der Waals surface area contributed by atoms with Crippen molar-refractivity contribution >= 4 is 15.7 Å². The second kappa shape index (κ2) is 6.31. The van der Waals surface area contributed by atoms with E-state index in [4.69, 9.17) is 4.74 Å².